The molecule has 1 atom stereocenters. The molecule has 2 N–H and O–H groups in total. The molecule has 4 heteroatoms. The number of aliphatic hydroxyl groups excluding tert-OH is 1. The molecule has 0 aliphatic carbocycles. The number of benzene rings is 2. The summed E-state index contributed by atoms with van der Waals surface area (Å²) < 4.78 is 1.10. The van der Waals surface area contributed by atoms with Crippen molar-refractivity contribution < 1.29 is 9.90 Å². The highest BCUT2D eigenvalue weighted by atomic mass is 32.1. The molecule has 0 spiro atoms. The fourth-order valence-electron chi connectivity index (χ4n) is 2.53. The molecule has 1 heterocycles. The van der Waals surface area contributed by atoms with Crippen LogP contribution in [0.15, 0.2) is 54.6 Å². The van der Waals surface area contributed by atoms with Gasteiger partial charge in [-0.05, 0) is 29.5 Å². The van der Waals surface area contributed by atoms with E-state index in [0.717, 1.165) is 21.2 Å². The van der Waals surface area contributed by atoms with E-state index >= 15 is 0 Å². The molecule has 0 aliphatic heterocycles. The summed E-state index contributed by atoms with van der Waals surface area (Å²) in [5.74, 6) is -0.137. The van der Waals surface area contributed by atoms with Crippen LogP contribution in [0.3, 0.4) is 0 Å². The maximum Gasteiger partial charge on any atom is 0.262 e. The molecule has 0 fully saturated rings. The van der Waals surface area contributed by atoms with E-state index in [2.05, 4.69) is 5.32 Å². The molecule has 0 saturated heterocycles. The predicted octanol–water partition coefficient (Wildman–Crippen LogP) is 3.67. The number of fused-ring (bicyclic) bond motifs is 1. The smallest absolute Gasteiger partial charge is 0.262 e. The number of aryl methyl sites for hydroxylation is 1. The third kappa shape index (κ3) is 2.75. The zero-order valence-electron chi connectivity index (χ0n) is 12.2. The fraction of sp³-hybridized carbons (Fsp3) is 0.167. The quantitative estimate of drug-likeness (QED) is 0.772. The minimum Gasteiger partial charge on any atom is -0.394 e. The predicted molar refractivity (Wildman–Crippen MR) is 90.3 cm³/mol. The Hall–Kier alpha value is -2.17. The van der Waals surface area contributed by atoms with E-state index in [1.807, 2.05) is 61.5 Å². The first-order valence-corrected chi connectivity index (χ1v) is 7.97. The van der Waals surface area contributed by atoms with Crippen molar-refractivity contribution in [2.45, 2.75) is 13.0 Å². The van der Waals surface area contributed by atoms with Gasteiger partial charge in [0.1, 0.15) is 0 Å². The first-order chi connectivity index (χ1) is 10.7. The average Bonchev–Trinajstić information content (AvgIpc) is 2.91. The number of hydrogen-bond donors (Lipinski definition) is 2. The molecular formula is C18H17NO2S. The molecule has 0 bridgehead atoms. The molecule has 1 aromatic heterocycles. The minimum absolute atomic E-state index is 0.125. The molecule has 0 radical (unpaired) electrons. The first-order valence-electron chi connectivity index (χ1n) is 7.15. The Morgan fingerprint density at radius 3 is 2.50 bits per heavy atom. The minimum atomic E-state index is -0.390. The van der Waals surface area contributed by atoms with Gasteiger partial charge in [-0.1, -0.05) is 48.5 Å². The molecule has 2 aromatic carbocycles. The summed E-state index contributed by atoms with van der Waals surface area (Å²) in [6, 6.07) is 17.1. The topological polar surface area (TPSA) is 49.3 Å². The zero-order valence-corrected chi connectivity index (χ0v) is 13.1. The number of thiophene rings is 1. The van der Waals surface area contributed by atoms with Crippen LogP contribution in [-0.4, -0.2) is 17.6 Å². The van der Waals surface area contributed by atoms with E-state index in [9.17, 15) is 9.90 Å². The van der Waals surface area contributed by atoms with Crippen molar-refractivity contribution in [3.63, 3.8) is 0 Å². The number of hydrogen-bond acceptors (Lipinski definition) is 3. The van der Waals surface area contributed by atoms with Crippen LogP contribution in [0, 0.1) is 6.92 Å². The molecule has 0 aliphatic rings. The third-order valence-electron chi connectivity index (χ3n) is 3.74. The highest BCUT2D eigenvalue weighted by Crippen LogP contribution is 2.30. The normalized spacial score (nSPS) is 12.3. The van der Waals surface area contributed by atoms with Crippen molar-refractivity contribution in [2.24, 2.45) is 0 Å². The Kier molecular flexibility index (Phi) is 4.22. The number of carbonyl (C=O) groups is 1. The van der Waals surface area contributed by atoms with Gasteiger partial charge >= 0.3 is 0 Å². The summed E-state index contributed by atoms with van der Waals surface area (Å²) in [5.41, 5.74) is 1.89. The van der Waals surface area contributed by atoms with Crippen LogP contribution < -0.4 is 5.32 Å². The van der Waals surface area contributed by atoms with Gasteiger partial charge in [-0.3, -0.25) is 4.79 Å². The van der Waals surface area contributed by atoms with Crippen molar-refractivity contribution in [2.75, 3.05) is 6.61 Å². The lowest BCUT2D eigenvalue weighted by atomic mass is 10.1. The van der Waals surface area contributed by atoms with Gasteiger partial charge in [-0.2, -0.15) is 0 Å². The van der Waals surface area contributed by atoms with Gasteiger partial charge in [-0.25, -0.2) is 0 Å². The van der Waals surface area contributed by atoms with E-state index < -0.39 is 6.04 Å². The molecule has 3 rings (SSSR count). The van der Waals surface area contributed by atoms with E-state index in [1.54, 1.807) is 0 Å². The highest BCUT2D eigenvalue weighted by molar-refractivity contribution is 7.21. The summed E-state index contributed by atoms with van der Waals surface area (Å²) in [4.78, 5) is 13.3. The Morgan fingerprint density at radius 1 is 1.14 bits per heavy atom. The van der Waals surface area contributed by atoms with Crippen LogP contribution in [0.2, 0.25) is 0 Å². The van der Waals surface area contributed by atoms with Gasteiger partial charge in [-0.15, -0.1) is 11.3 Å². The number of amides is 1. The lowest BCUT2D eigenvalue weighted by Crippen LogP contribution is -2.30. The van der Waals surface area contributed by atoms with Crippen LogP contribution in [0.1, 0.15) is 26.8 Å². The third-order valence-corrected chi connectivity index (χ3v) is 5.01. The standard InChI is InChI=1S/C18H17NO2S/c1-12-14-9-5-6-10-16(14)22-17(12)18(21)19-15(11-20)13-7-3-2-4-8-13/h2-10,15,20H,11H2,1H3,(H,19,21). The van der Waals surface area contributed by atoms with E-state index in [1.165, 1.54) is 11.3 Å². The summed E-state index contributed by atoms with van der Waals surface area (Å²) in [7, 11) is 0. The SMILES string of the molecule is Cc1c(C(=O)NC(CO)c2ccccc2)sc2ccccc12. The van der Waals surface area contributed by atoms with Gasteiger partial charge in [0.15, 0.2) is 0 Å². The summed E-state index contributed by atoms with van der Waals surface area (Å²) in [6.45, 7) is 1.84. The summed E-state index contributed by atoms with van der Waals surface area (Å²) >= 11 is 1.49. The monoisotopic (exact) mass is 311 g/mol. The second kappa shape index (κ2) is 6.30. The van der Waals surface area contributed by atoms with Crippen molar-refractivity contribution in [3.8, 4) is 0 Å². The van der Waals surface area contributed by atoms with Crippen molar-refractivity contribution in [1.29, 1.82) is 0 Å². The lowest BCUT2D eigenvalue weighted by molar-refractivity contribution is 0.0920. The maximum atomic E-state index is 12.6. The van der Waals surface area contributed by atoms with Gasteiger partial charge in [0, 0.05) is 4.70 Å². The zero-order chi connectivity index (χ0) is 15.5. The molecule has 3 nitrogen and oxygen atoms in total. The number of nitrogens with one attached hydrogen (secondary N) is 1. The molecule has 22 heavy (non-hydrogen) atoms. The largest absolute Gasteiger partial charge is 0.394 e. The Morgan fingerprint density at radius 2 is 1.82 bits per heavy atom. The van der Waals surface area contributed by atoms with Crippen LogP contribution in [0.25, 0.3) is 10.1 Å². The molecule has 1 amide bonds. The van der Waals surface area contributed by atoms with Gasteiger partial charge in [0.05, 0.1) is 17.5 Å². The molecule has 1 unspecified atom stereocenters. The van der Waals surface area contributed by atoms with Crippen LogP contribution in [0.5, 0.6) is 0 Å². The van der Waals surface area contributed by atoms with Crippen molar-refractivity contribution >= 4 is 27.3 Å². The van der Waals surface area contributed by atoms with E-state index in [0.29, 0.717) is 4.88 Å². The number of carbonyl (C=O) groups excluding carboxylic acids is 1. The van der Waals surface area contributed by atoms with Crippen LogP contribution >= 0.6 is 11.3 Å². The van der Waals surface area contributed by atoms with Crippen molar-refractivity contribution in [1.82, 2.24) is 5.32 Å². The summed E-state index contributed by atoms with van der Waals surface area (Å²) in [6.07, 6.45) is 0. The van der Waals surface area contributed by atoms with Crippen LogP contribution in [0.4, 0.5) is 0 Å². The molecular weight excluding hydrogens is 294 g/mol. The van der Waals surface area contributed by atoms with Gasteiger partial charge < -0.3 is 10.4 Å². The highest BCUT2D eigenvalue weighted by Gasteiger charge is 2.19. The second-order valence-corrected chi connectivity index (χ2v) is 6.22. The molecule has 112 valence electrons. The lowest BCUT2D eigenvalue weighted by Gasteiger charge is -2.16. The van der Waals surface area contributed by atoms with E-state index in [4.69, 9.17) is 0 Å². The summed E-state index contributed by atoms with van der Waals surface area (Å²) in [5, 5.41) is 13.6. The average molecular weight is 311 g/mol. The van der Waals surface area contributed by atoms with Crippen molar-refractivity contribution in [3.05, 3.63) is 70.6 Å². The Labute approximate surface area is 133 Å². The number of aliphatic hydroxyl groups is 1. The Bertz CT molecular complexity index is 795. The first kappa shape index (κ1) is 14.8. The fourth-order valence-corrected chi connectivity index (χ4v) is 3.65. The Balaban J connectivity index is 1.88. The molecule has 0 saturated carbocycles. The van der Waals surface area contributed by atoms with Gasteiger partial charge in [0.25, 0.3) is 5.91 Å². The van der Waals surface area contributed by atoms with E-state index in [-0.39, 0.29) is 12.5 Å². The number of rotatable bonds is 4. The second-order valence-electron chi connectivity index (χ2n) is 5.17. The van der Waals surface area contributed by atoms with Gasteiger partial charge in [0.2, 0.25) is 0 Å². The molecule has 3 aromatic rings. The van der Waals surface area contributed by atoms with Crippen LogP contribution in [-0.2, 0) is 0 Å². The maximum absolute atomic E-state index is 12.6.